The average molecular weight is 286 g/mol. The number of aliphatic carboxylic acids is 1. The van der Waals surface area contributed by atoms with Gasteiger partial charge in [-0.05, 0) is 12.8 Å². The maximum atomic E-state index is 12.4. The van der Waals surface area contributed by atoms with E-state index in [0.717, 1.165) is 0 Å². The number of hydrogen-bond acceptors (Lipinski definition) is 4. The molecule has 1 unspecified atom stereocenters. The molecule has 19 heavy (non-hydrogen) atoms. The van der Waals surface area contributed by atoms with Crippen LogP contribution in [0.4, 0.5) is 0 Å². The number of rotatable bonds is 3. The third kappa shape index (κ3) is 2.70. The van der Waals surface area contributed by atoms with Crippen LogP contribution in [0.3, 0.4) is 0 Å². The van der Waals surface area contributed by atoms with Gasteiger partial charge in [0.05, 0.1) is 5.88 Å². The summed E-state index contributed by atoms with van der Waals surface area (Å²) in [7, 11) is 0. The Labute approximate surface area is 116 Å². The zero-order valence-corrected chi connectivity index (χ0v) is 11.7. The Morgan fingerprint density at radius 1 is 1.26 bits per heavy atom. The molecule has 0 saturated carbocycles. The third-order valence-electron chi connectivity index (χ3n) is 3.61. The van der Waals surface area contributed by atoms with E-state index in [4.69, 9.17) is 5.11 Å². The lowest BCUT2D eigenvalue weighted by atomic mass is 10.2. The molecule has 0 aromatic carbocycles. The molecule has 6 nitrogen and oxygen atoms in total. The lowest BCUT2D eigenvalue weighted by molar-refractivity contribution is -0.151. The number of nitrogens with zero attached hydrogens (tertiary/aromatic N) is 2. The topological polar surface area (TPSA) is 77.9 Å². The van der Waals surface area contributed by atoms with Crippen LogP contribution in [0.15, 0.2) is 0 Å². The van der Waals surface area contributed by atoms with Crippen molar-refractivity contribution < 1.29 is 19.5 Å². The van der Waals surface area contributed by atoms with E-state index < -0.39 is 18.1 Å². The van der Waals surface area contributed by atoms with E-state index in [1.807, 2.05) is 0 Å². The van der Waals surface area contributed by atoms with Crippen molar-refractivity contribution in [2.75, 3.05) is 18.2 Å². The zero-order valence-electron chi connectivity index (χ0n) is 10.9. The van der Waals surface area contributed by atoms with Crippen LogP contribution in [0.2, 0.25) is 0 Å². The predicted molar refractivity (Wildman–Crippen MR) is 70.6 cm³/mol. The smallest absolute Gasteiger partial charge is 0.326 e. The van der Waals surface area contributed by atoms with E-state index in [-0.39, 0.29) is 11.8 Å². The van der Waals surface area contributed by atoms with E-state index in [0.29, 0.717) is 37.4 Å². The molecule has 106 valence electrons. The van der Waals surface area contributed by atoms with Gasteiger partial charge in [-0.2, -0.15) is 0 Å². The van der Waals surface area contributed by atoms with E-state index in [1.165, 1.54) is 4.90 Å². The van der Waals surface area contributed by atoms with Crippen LogP contribution in [0.5, 0.6) is 0 Å². The summed E-state index contributed by atoms with van der Waals surface area (Å²) >= 11 is 1.54. The summed E-state index contributed by atoms with van der Waals surface area (Å²) in [5.41, 5.74) is 0. The summed E-state index contributed by atoms with van der Waals surface area (Å²) in [4.78, 5) is 38.4. The Balaban J connectivity index is 2.10. The summed E-state index contributed by atoms with van der Waals surface area (Å²) in [6, 6.07) is -1.21. The Hall–Kier alpha value is -1.24. The minimum Gasteiger partial charge on any atom is -0.480 e. The van der Waals surface area contributed by atoms with Crippen LogP contribution in [-0.2, 0) is 14.4 Å². The fourth-order valence-corrected chi connectivity index (χ4v) is 3.75. The van der Waals surface area contributed by atoms with Gasteiger partial charge in [0.1, 0.15) is 12.1 Å². The fraction of sp³-hybridized carbons (Fsp3) is 0.750. The number of carbonyl (C=O) groups excluding carboxylic acids is 2. The van der Waals surface area contributed by atoms with Gasteiger partial charge in [-0.1, -0.05) is 6.92 Å². The Bertz CT molecular complexity index is 401. The van der Waals surface area contributed by atoms with E-state index in [2.05, 4.69) is 0 Å². The van der Waals surface area contributed by atoms with E-state index >= 15 is 0 Å². The maximum Gasteiger partial charge on any atom is 0.326 e. The normalized spacial score (nSPS) is 26.8. The Morgan fingerprint density at radius 3 is 2.63 bits per heavy atom. The van der Waals surface area contributed by atoms with Crippen molar-refractivity contribution in [1.82, 2.24) is 9.80 Å². The summed E-state index contributed by atoms with van der Waals surface area (Å²) in [5, 5.41) is 9.12. The molecule has 2 aliphatic rings. The van der Waals surface area contributed by atoms with Gasteiger partial charge >= 0.3 is 5.97 Å². The molecule has 7 heteroatoms. The quantitative estimate of drug-likeness (QED) is 0.811. The average Bonchev–Trinajstić information content (AvgIpc) is 3.05. The number of amides is 2. The number of thioether (sulfide) groups is 1. The first-order valence-corrected chi connectivity index (χ1v) is 7.62. The number of carboxylic acids is 1. The van der Waals surface area contributed by atoms with Crippen molar-refractivity contribution in [3.63, 3.8) is 0 Å². The van der Waals surface area contributed by atoms with Crippen LogP contribution in [-0.4, -0.2) is 62.9 Å². The zero-order chi connectivity index (χ0) is 14.0. The first kappa shape index (κ1) is 14.2. The minimum absolute atomic E-state index is 0.0468. The minimum atomic E-state index is -0.954. The number of carbonyl (C=O) groups is 3. The highest BCUT2D eigenvalue weighted by Gasteiger charge is 2.41. The molecule has 0 bridgehead atoms. The Kier molecular flexibility index (Phi) is 4.34. The summed E-state index contributed by atoms with van der Waals surface area (Å²) in [6.45, 7) is 2.24. The van der Waals surface area contributed by atoms with Crippen molar-refractivity contribution >= 4 is 29.5 Å². The maximum absolute atomic E-state index is 12.4. The first-order valence-electron chi connectivity index (χ1n) is 6.46. The SMILES string of the molecule is CCC(=O)N1CSCC1C(=O)N1CCC[C@H]1C(=O)O. The number of likely N-dealkylation sites (tertiary alicyclic amines) is 1. The highest BCUT2D eigenvalue weighted by atomic mass is 32.2. The largest absolute Gasteiger partial charge is 0.480 e. The van der Waals surface area contributed by atoms with Gasteiger partial charge in [0.15, 0.2) is 0 Å². The molecule has 2 rings (SSSR count). The lowest BCUT2D eigenvalue weighted by Gasteiger charge is -2.29. The molecule has 2 aliphatic heterocycles. The molecule has 0 aromatic heterocycles. The molecule has 0 radical (unpaired) electrons. The van der Waals surface area contributed by atoms with Gasteiger partial charge in [0.25, 0.3) is 0 Å². The third-order valence-corrected chi connectivity index (χ3v) is 4.62. The van der Waals surface area contributed by atoms with Gasteiger partial charge < -0.3 is 14.9 Å². The molecule has 2 heterocycles. The van der Waals surface area contributed by atoms with Crippen molar-refractivity contribution in [2.45, 2.75) is 38.3 Å². The second-order valence-corrected chi connectivity index (χ2v) is 5.76. The molecule has 2 saturated heterocycles. The highest BCUT2D eigenvalue weighted by Crippen LogP contribution is 2.26. The van der Waals surface area contributed by atoms with Crippen LogP contribution < -0.4 is 0 Å². The van der Waals surface area contributed by atoms with Gasteiger partial charge in [0, 0.05) is 18.7 Å². The molecule has 1 N–H and O–H groups in total. The molecular weight excluding hydrogens is 268 g/mol. The summed E-state index contributed by atoms with van der Waals surface area (Å²) in [6.07, 6.45) is 1.58. The number of hydrogen-bond donors (Lipinski definition) is 1. The molecule has 0 spiro atoms. The van der Waals surface area contributed by atoms with Crippen molar-refractivity contribution in [3.05, 3.63) is 0 Å². The van der Waals surface area contributed by atoms with Crippen LogP contribution in [0.25, 0.3) is 0 Å². The first-order chi connectivity index (χ1) is 9.06. The van der Waals surface area contributed by atoms with Gasteiger partial charge in [-0.3, -0.25) is 9.59 Å². The fourth-order valence-electron chi connectivity index (χ4n) is 2.57. The van der Waals surface area contributed by atoms with Crippen LogP contribution in [0, 0.1) is 0 Å². The van der Waals surface area contributed by atoms with Crippen molar-refractivity contribution in [3.8, 4) is 0 Å². The monoisotopic (exact) mass is 286 g/mol. The van der Waals surface area contributed by atoms with Crippen molar-refractivity contribution in [2.24, 2.45) is 0 Å². The van der Waals surface area contributed by atoms with E-state index in [1.54, 1.807) is 23.6 Å². The molecule has 2 atom stereocenters. The van der Waals surface area contributed by atoms with Gasteiger partial charge in [0.2, 0.25) is 11.8 Å². The predicted octanol–water partition coefficient (Wildman–Crippen LogP) is 0.374. The van der Waals surface area contributed by atoms with Crippen LogP contribution >= 0.6 is 11.8 Å². The molecule has 2 fully saturated rings. The van der Waals surface area contributed by atoms with Gasteiger partial charge in [-0.15, -0.1) is 11.8 Å². The lowest BCUT2D eigenvalue weighted by Crippen LogP contribution is -2.51. The summed E-state index contributed by atoms with van der Waals surface area (Å²) in [5.74, 6) is -0.127. The molecule has 2 amide bonds. The van der Waals surface area contributed by atoms with Crippen LogP contribution in [0.1, 0.15) is 26.2 Å². The molecule has 0 aromatic rings. The molecular formula is C12H18N2O4S. The Morgan fingerprint density at radius 2 is 2.00 bits per heavy atom. The second kappa shape index (κ2) is 5.81. The molecule has 0 aliphatic carbocycles. The highest BCUT2D eigenvalue weighted by molar-refractivity contribution is 7.99. The number of carboxylic acid groups (broad SMARTS) is 1. The van der Waals surface area contributed by atoms with Gasteiger partial charge in [-0.25, -0.2) is 4.79 Å². The van der Waals surface area contributed by atoms with E-state index in [9.17, 15) is 14.4 Å². The second-order valence-electron chi connectivity index (χ2n) is 4.76. The standard InChI is InChI=1S/C12H18N2O4S/c1-2-10(15)14-7-19-6-9(14)11(16)13-5-3-4-8(13)12(17)18/h8-9H,2-7H2,1H3,(H,17,18)/t8-,9?/m0/s1. The summed E-state index contributed by atoms with van der Waals surface area (Å²) < 4.78 is 0. The van der Waals surface area contributed by atoms with Crippen molar-refractivity contribution in [1.29, 1.82) is 0 Å².